The van der Waals surface area contributed by atoms with Crippen LogP contribution in [0.25, 0.3) is 11.3 Å². The molecule has 1 aromatic heterocycles. The van der Waals surface area contributed by atoms with Gasteiger partial charge in [0.05, 0.1) is 5.69 Å². The Labute approximate surface area is 320 Å². The Balaban J connectivity index is -0.000000123. The van der Waals surface area contributed by atoms with E-state index in [0.717, 1.165) is 5.69 Å². The summed E-state index contributed by atoms with van der Waals surface area (Å²) < 4.78 is 140. The Morgan fingerprint density at radius 3 is 1.26 bits per heavy atom. The molecule has 0 saturated heterocycles. The van der Waals surface area contributed by atoms with Gasteiger partial charge in [0.2, 0.25) is 0 Å². The fourth-order valence-corrected chi connectivity index (χ4v) is 2.42. The number of carbonyl (C=O) groups is 1. The van der Waals surface area contributed by atoms with E-state index in [1.807, 2.05) is 11.5 Å². The van der Waals surface area contributed by atoms with Gasteiger partial charge in [0, 0.05) is 105 Å². The van der Waals surface area contributed by atoms with Gasteiger partial charge >= 0.3 is 128 Å². The number of hydrogen-bond acceptors (Lipinski definition) is 18. The molecule has 0 aliphatic heterocycles. The summed E-state index contributed by atoms with van der Waals surface area (Å²) in [7, 11) is 0. The van der Waals surface area contributed by atoms with Crippen LogP contribution in [0.4, 0.5) is 0 Å². The van der Waals surface area contributed by atoms with Crippen molar-refractivity contribution in [1.82, 2.24) is 4.57 Å². The van der Waals surface area contributed by atoms with Crippen LogP contribution >= 0.6 is 11.6 Å². The number of carboxylic acids is 1. The molecular weight excluding hydrogens is 1450 g/mol. The van der Waals surface area contributed by atoms with Crippen molar-refractivity contribution in [3.05, 3.63) is 56.8 Å². The fourth-order valence-electron chi connectivity index (χ4n) is 2.29. The maximum atomic E-state index is 12.0. The van der Waals surface area contributed by atoms with E-state index in [1.54, 1.807) is 31.2 Å². The number of nitrogens with zero attached hydrogens (tertiary/aromatic N) is 1. The molecule has 0 spiro atoms. The molecule has 0 saturated carbocycles. The Kier molecular flexibility index (Phi) is 34.0. The number of aromatic carboxylic acids is 1. The second-order valence-electron chi connectivity index (χ2n) is 6.22. The molecule has 2 aromatic rings. The predicted molar refractivity (Wildman–Crippen MR) is 122 cm³/mol. The monoisotopic (exact) mass is 1470 g/mol. The van der Waals surface area contributed by atoms with Crippen molar-refractivity contribution in [2.45, 2.75) is 20.4 Å². The number of hydrogen-bond donors (Lipinski definition) is 1. The topological polar surface area (TPSA) is 404 Å². The van der Waals surface area contributed by atoms with E-state index in [0.29, 0.717) is 22.8 Å². The summed E-state index contributed by atoms with van der Waals surface area (Å²) in [6.45, 7) is 4.27. The quantitative estimate of drug-likeness (QED) is 0.279. The second kappa shape index (κ2) is 25.6. The summed E-state index contributed by atoms with van der Waals surface area (Å²) in [6, 6.07) is 8.14. The van der Waals surface area contributed by atoms with Crippen molar-refractivity contribution >= 4 is 158 Å². The normalized spacial score (nSPS) is 10.4. The molecule has 2 rings (SSSR count). The maximum Gasteiger partial charge on any atom is 0 e. The molecule has 244 valence electrons. The number of aryl methyl sites for hydroxylation is 1. The molecule has 0 aliphatic rings. The first-order valence-electron chi connectivity index (χ1n) is 9.11. The molecule has 0 atom stereocenters. The van der Waals surface area contributed by atoms with Gasteiger partial charge in [-0.2, -0.15) is 0 Å². The first kappa shape index (κ1) is 56.9. The summed E-state index contributed by atoms with van der Waals surface area (Å²) in [6.07, 6.45) is 0. The molecule has 1 aromatic carbocycles. The third-order valence-electron chi connectivity index (χ3n) is 3.17. The molecule has 0 unspecified atom stereocenters. The van der Waals surface area contributed by atoms with Crippen LogP contribution in [0, 0.1) is 6.92 Å². The molecule has 20 nitrogen and oxygen atoms in total. The molecule has 12 radical (unpaired) electrons. The van der Waals surface area contributed by atoms with Gasteiger partial charge in [-0.1, -0.05) is 23.7 Å². The number of carboxylic acid groups (broad SMARTS) is 1. The van der Waals surface area contributed by atoms with Crippen LogP contribution in [0.1, 0.15) is 23.0 Å². The fraction of sp³-hybridized carbons (Fsp3) is 0.200. The van der Waals surface area contributed by atoms with Crippen molar-refractivity contribution in [3.8, 4) is 11.3 Å². The van der Waals surface area contributed by atoms with E-state index < -0.39 is 69.5 Å². The summed E-state index contributed by atoms with van der Waals surface area (Å²) in [4.78, 5) is 23.4. The molecule has 0 fully saturated rings. The summed E-state index contributed by atoms with van der Waals surface area (Å²) in [5.41, 5.74) is 1.12. The van der Waals surface area contributed by atoms with E-state index in [4.69, 9.17) is 75.7 Å². The summed E-state index contributed by atoms with van der Waals surface area (Å²) in [5, 5.41) is 9.89. The van der Waals surface area contributed by atoms with Gasteiger partial charge in [0.25, 0.3) is 0 Å². The molecule has 1 N–H and O–H groups in total. The third kappa shape index (κ3) is 43.6. The number of aromatic nitrogens is 1. The van der Waals surface area contributed by atoms with Crippen molar-refractivity contribution in [3.63, 3.8) is 0 Å². The van der Waals surface area contributed by atoms with Gasteiger partial charge in [-0.25, -0.2) is 4.79 Å². The molecule has 43 heavy (non-hydrogen) atoms. The van der Waals surface area contributed by atoms with E-state index in [-0.39, 0.29) is 87.5 Å². The van der Waals surface area contributed by atoms with Crippen LogP contribution in [0.5, 0.6) is 0 Å². The minimum absolute atomic E-state index is 0. The Bertz CT molecular complexity index is 1240. The summed E-state index contributed by atoms with van der Waals surface area (Å²) in [5.74, 6) is -1.22. The second-order valence-corrected chi connectivity index (χ2v) is 14.2. The van der Waals surface area contributed by atoms with Gasteiger partial charge in [0.15, 0.2) is 5.43 Å². The zero-order chi connectivity index (χ0) is 32.9. The SMILES string of the molecule is CCn1c(C)cc(=O)c(C(=O)O)c1-c1ccc(Cl)cc1.O=[As]([O-])([O-])[O-].O=[As]([O-])([O-])[O-].O=[As]([O-])([O-])[O-].O=[As]([O-])([O-])[O-].[Pb].[Pb].[Pb]. The smallest absolute Gasteiger partial charge is 0 e. The number of halogens is 1. The van der Waals surface area contributed by atoms with Gasteiger partial charge in [0.1, 0.15) is 5.56 Å². The molecule has 0 aliphatic carbocycles. The Morgan fingerprint density at radius 2 is 1.02 bits per heavy atom. The van der Waals surface area contributed by atoms with Crippen LogP contribution in [-0.2, 0) is 21.5 Å². The van der Waals surface area contributed by atoms with Crippen molar-refractivity contribution in [2.24, 2.45) is 0 Å². The first-order valence-corrected chi connectivity index (χ1v) is 21.7. The van der Waals surface area contributed by atoms with Gasteiger partial charge < -0.3 is 9.67 Å². The Hall–Kier alpha value is 1.65. The standard InChI is InChI=1S/C15H14ClNO3.4AsH3O4.3Pb/c1-3-17-9(2)8-12(18)13(15(19)20)14(17)10-4-6-11(16)7-5-10;4*2-1(3,4)5;;;/h4-8H,3H2,1-2H3,(H,19,20);4*(H3,2,3,4,5);;;/p-12. The molecule has 0 bridgehead atoms. The van der Waals surface area contributed by atoms with Gasteiger partial charge in [-0.05, 0) is 31.5 Å². The molecule has 28 heteroatoms. The van der Waals surface area contributed by atoms with E-state index >= 15 is 0 Å². The van der Waals surface area contributed by atoms with Crippen LogP contribution in [-0.4, -0.2) is 156 Å². The third-order valence-corrected chi connectivity index (χ3v) is 3.42. The van der Waals surface area contributed by atoms with Gasteiger partial charge in [-0.3, -0.25) is 4.79 Å². The maximum absolute atomic E-state index is 12.0. The predicted octanol–water partition coefficient (Wildman–Crippen LogP) is -14.2. The van der Waals surface area contributed by atoms with Crippen LogP contribution < -0.4 is 54.6 Å². The zero-order valence-corrected chi connectivity index (χ0v) is 40.9. The van der Waals surface area contributed by atoms with Crippen molar-refractivity contribution in [1.29, 1.82) is 0 Å². The van der Waals surface area contributed by atoms with Crippen molar-refractivity contribution in [2.75, 3.05) is 0 Å². The molecule has 0 amide bonds. The summed E-state index contributed by atoms with van der Waals surface area (Å²) >= 11 is -17.6. The average molecular weight is 1470 g/mol. The average Bonchev–Trinajstić information content (AvgIpc) is 2.62. The van der Waals surface area contributed by atoms with Gasteiger partial charge in [-0.15, -0.1) is 0 Å². The zero-order valence-electron chi connectivity index (χ0n) is 21.0. The number of benzene rings is 1. The van der Waals surface area contributed by atoms with Crippen LogP contribution in [0.15, 0.2) is 35.1 Å². The van der Waals surface area contributed by atoms with E-state index in [1.165, 1.54) is 6.07 Å². The minimum Gasteiger partial charge on any atom is 0 e. The van der Waals surface area contributed by atoms with E-state index in [9.17, 15) is 14.7 Å². The van der Waals surface area contributed by atoms with Crippen molar-refractivity contribution < 1.29 is 74.0 Å². The minimum atomic E-state index is -5.88. The van der Waals surface area contributed by atoms with Crippen LogP contribution in [0.3, 0.4) is 0 Å². The molecule has 1 heterocycles. The Morgan fingerprint density at radius 1 is 0.744 bits per heavy atom. The molecular formula is C15H14As4ClNO19Pb3-12. The van der Waals surface area contributed by atoms with E-state index in [2.05, 4.69) is 0 Å². The van der Waals surface area contributed by atoms with Crippen LogP contribution in [0.2, 0.25) is 5.02 Å². The number of pyridine rings is 1. The number of rotatable bonds is 3. The first-order chi connectivity index (χ1) is 17.5. The largest absolute Gasteiger partial charge is 0 e.